The van der Waals surface area contributed by atoms with Crippen molar-refractivity contribution in [3.8, 4) is 11.5 Å². The number of hydrogen-bond acceptors (Lipinski definition) is 4. The molecule has 1 amide bonds. The van der Waals surface area contributed by atoms with Crippen LogP contribution < -0.4 is 15.8 Å². The number of nitrogens with one attached hydrogen (secondary N) is 2. The summed E-state index contributed by atoms with van der Waals surface area (Å²) in [5.74, 6) is -1.01. The smallest absolute Gasteiger partial charge is 0.254 e. The molecular weight excluding hydrogens is 382 g/mol. The number of nitrogen functional groups attached to an aromatic ring is 1. The molecule has 26 heavy (non-hydrogen) atoms. The summed E-state index contributed by atoms with van der Waals surface area (Å²) in [7, 11) is 0. The summed E-state index contributed by atoms with van der Waals surface area (Å²) in [4.78, 5) is 11.9. The van der Waals surface area contributed by atoms with E-state index in [4.69, 9.17) is 33.7 Å². The van der Waals surface area contributed by atoms with E-state index in [1.807, 2.05) is 0 Å². The minimum absolute atomic E-state index is 0.0545. The molecule has 0 aliphatic carbocycles. The molecule has 9 heteroatoms. The lowest BCUT2D eigenvalue weighted by molar-refractivity contribution is 0.0950. The monoisotopic (exact) mass is 394 g/mol. The molecule has 6 nitrogen and oxygen atoms in total. The molecule has 0 spiro atoms. The van der Waals surface area contributed by atoms with Crippen LogP contribution in [0, 0.1) is 5.82 Å². The highest BCUT2D eigenvalue weighted by Gasteiger charge is 2.16. The van der Waals surface area contributed by atoms with Gasteiger partial charge >= 0.3 is 0 Å². The van der Waals surface area contributed by atoms with Gasteiger partial charge in [-0.05, 0) is 18.2 Å². The molecule has 0 unspecified atom stereocenters. The van der Waals surface area contributed by atoms with Crippen LogP contribution in [0.3, 0.4) is 0 Å². The number of nitrogens with zero attached hydrogens (tertiary/aromatic N) is 1. The van der Waals surface area contributed by atoms with Gasteiger partial charge in [0.05, 0.1) is 16.8 Å². The van der Waals surface area contributed by atoms with E-state index >= 15 is 0 Å². The van der Waals surface area contributed by atoms with E-state index in [0.717, 1.165) is 0 Å². The summed E-state index contributed by atoms with van der Waals surface area (Å²) in [6.45, 7) is -0.0545. The number of benzene rings is 2. The number of aromatic nitrogens is 2. The van der Waals surface area contributed by atoms with Gasteiger partial charge in [-0.15, -0.1) is 0 Å². The predicted octanol–water partition coefficient (Wildman–Crippen LogP) is 4.16. The van der Waals surface area contributed by atoms with Crippen LogP contribution in [0.1, 0.15) is 15.9 Å². The summed E-state index contributed by atoms with van der Waals surface area (Å²) in [6.07, 6.45) is 2.80. The van der Waals surface area contributed by atoms with E-state index < -0.39 is 11.7 Å². The Morgan fingerprint density at radius 2 is 2.12 bits per heavy atom. The third kappa shape index (κ3) is 4.07. The lowest BCUT2D eigenvalue weighted by Gasteiger charge is -2.13. The molecule has 0 aliphatic heterocycles. The van der Waals surface area contributed by atoms with E-state index in [2.05, 4.69) is 15.5 Å². The zero-order valence-electron chi connectivity index (χ0n) is 13.2. The number of carbonyl (C=O) groups excluding carboxylic acids is 1. The van der Waals surface area contributed by atoms with Crippen LogP contribution in [-0.4, -0.2) is 16.1 Å². The number of halogens is 3. The highest BCUT2D eigenvalue weighted by atomic mass is 35.5. The summed E-state index contributed by atoms with van der Waals surface area (Å²) < 4.78 is 20.3. The van der Waals surface area contributed by atoms with Gasteiger partial charge in [0.1, 0.15) is 5.75 Å². The van der Waals surface area contributed by atoms with Crippen molar-refractivity contribution in [2.24, 2.45) is 0 Å². The average Bonchev–Trinajstić information content (AvgIpc) is 3.11. The number of anilines is 1. The van der Waals surface area contributed by atoms with Crippen LogP contribution in [0.2, 0.25) is 10.0 Å². The number of carbonyl (C=O) groups is 1. The predicted molar refractivity (Wildman–Crippen MR) is 97.1 cm³/mol. The topological polar surface area (TPSA) is 93.0 Å². The van der Waals surface area contributed by atoms with Crippen molar-refractivity contribution in [1.82, 2.24) is 15.5 Å². The van der Waals surface area contributed by atoms with Gasteiger partial charge in [0.25, 0.3) is 5.91 Å². The van der Waals surface area contributed by atoms with Crippen molar-refractivity contribution in [3.63, 3.8) is 0 Å². The zero-order valence-corrected chi connectivity index (χ0v) is 14.7. The van der Waals surface area contributed by atoms with E-state index in [1.54, 1.807) is 0 Å². The maximum atomic E-state index is 14.8. The number of amides is 1. The number of ether oxygens (including phenoxy) is 1. The van der Waals surface area contributed by atoms with Gasteiger partial charge in [0.15, 0.2) is 11.6 Å². The maximum absolute atomic E-state index is 14.8. The van der Waals surface area contributed by atoms with Crippen molar-refractivity contribution >= 4 is 34.8 Å². The minimum atomic E-state index is -0.691. The number of rotatable bonds is 5. The fourth-order valence-electron chi connectivity index (χ4n) is 2.22. The first-order valence-electron chi connectivity index (χ1n) is 7.42. The Kier molecular flexibility index (Phi) is 5.29. The first kappa shape index (κ1) is 18.0. The van der Waals surface area contributed by atoms with Gasteiger partial charge < -0.3 is 15.8 Å². The van der Waals surface area contributed by atoms with E-state index in [-0.39, 0.29) is 28.6 Å². The Labute approximate surface area is 158 Å². The first-order valence-corrected chi connectivity index (χ1v) is 8.17. The normalized spacial score (nSPS) is 10.6. The van der Waals surface area contributed by atoms with Crippen molar-refractivity contribution in [3.05, 3.63) is 69.7 Å². The molecule has 0 saturated carbocycles. The Hall–Kier alpha value is -2.77. The largest absolute Gasteiger partial charge is 0.453 e. The summed E-state index contributed by atoms with van der Waals surface area (Å²) in [6, 6.07) is 7.46. The standard InChI is InChI=1S/C17H13Cl2FN4O2/c18-11-3-12(21)5-13(4-11)26-16-14(19)2-1-9(15(16)20)6-22-17(25)10-7-23-24-8-10/h1-5,7-8H,6,21H2,(H,22,25)(H,23,24). The molecule has 2 aromatic carbocycles. The van der Waals surface area contributed by atoms with Crippen molar-refractivity contribution < 1.29 is 13.9 Å². The van der Waals surface area contributed by atoms with Gasteiger partial charge in [0, 0.05) is 35.1 Å². The van der Waals surface area contributed by atoms with Crippen LogP contribution in [0.15, 0.2) is 42.7 Å². The van der Waals surface area contributed by atoms with Crippen molar-refractivity contribution in [1.29, 1.82) is 0 Å². The number of nitrogens with two attached hydrogens (primary N) is 1. The Morgan fingerprint density at radius 3 is 2.81 bits per heavy atom. The lowest BCUT2D eigenvalue weighted by Crippen LogP contribution is -2.23. The van der Waals surface area contributed by atoms with E-state index in [1.165, 1.54) is 42.7 Å². The van der Waals surface area contributed by atoms with E-state index in [9.17, 15) is 9.18 Å². The van der Waals surface area contributed by atoms with Gasteiger partial charge in [-0.1, -0.05) is 29.3 Å². The summed E-state index contributed by atoms with van der Waals surface area (Å²) in [5.41, 5.74) is 6.61. The second-order valence-corrected chi connectivity index (χ2v) is 6.19. The lowest BCUT2D eigenvalue weighted by atomic mass is 10.2. The number of aromatic amines is 1. The molecule has 1 aromatic heterocycles. The van der Waals surface area contributed by atoms with Crippen LogP contribution in [0.5, 0.6) is 11.5 Å². The maximum Gasteiger partial charge on any atom is 0.254 e. The average molecular weight is 395 g/mol. The molecule has 0 radical (unpaired) electrons. The van der Waals surface area contributed by atoms with Gasteiger partial charge in [-0.25, -0.2) is 4.39 Å². The van der Waals surface area contributed by atoms with Crippen molar-refractivity contribution in [2.75, 3.05) is 5.73 Å². The molecule has 3 rings (SSSR count). The Bertz CT molecular complexity index is 928. The van der Waals surface area contributed by atoms with Crippen LogP contribution >= 0.6 is 23.2 Å². The zero-order chi connectivity index (χ0) is 18.7. The highest BCUT2D eigenvalue weighted by Crippen LogP contribution is 2.35. The number of H-pyrrole nitrogens is 1. The molecular formula is C17H13Cl2FN4O2. The molecule has 0 bridgehead atoms. The van der Waals surface area contributed by atoms with Crippen molar-refractivity contribution in [2.45, 2.75) is 6.54 Å². The minimum Gasteiger partial charge on any atom is -0.453 e. The molecule has 4 N–H and O–H groups in total. The SMILES string of the molecule is Nc1cc(Cl)cc(Oc2c(Cl)ccc(CNC(=O)c3cn[nH]c3)c2F)c1. The Morgan fingerprint density at radius 1 is 1.31 bits per heavy atom. The van der Waals surface area contributed by atoms with E-state index in [0.29, 0.717) is 16.3 Å². The van der Waals surface area contributed by atoms with Gasteiger partial charge in [-0.2, -0.15) is 5.10 Å². The molecule has 134 valence electrons. The third-order valence-corrected chi connectivity index (χ3v) is 3.96. The van der Waals surface area contributed by atoms with Crippen LogP contribution in [0.25, 0.3) is 0 Å². The highest BCUT2D eigenvalue weighted by molar-refractivity contribution is 6.32. The second kappa shape index (κ2) is 7.63. The van der Waals surface area contributed by atoms with Gasteiger partial charge in [-0.3, -0.25) is 9.89 Å². The summed E-state index contributed by atoms with van der Waals surface area (Å²) >= 11 is 12.0. The molecule has 0 saturated heterocycles. The van der Waals surface area contributed by atoms with Gasteiger partial charge in [0.2, 0.25) is 0 Å². The molecule has 0 aliphatic rings. The fourth-order valence-corrected chi connectivity index (χ4v) is 2.64. The third-order valence-electron chi connectivity index (χ3n) is 3.44. The first-order chi connectivity index (χ1) is 12.4. The Balaban J connectivity index is 1.80. The summed E-state index contributed by atoms with van der Waals surface area (Å²) in [5, 5.41) is 9.23. The molecule has 3 aromatic rings. The fraction of sp³-hybridized carbons (Fsp3) is 0.0588. The van der Waals surface area contributed by atoms with Crippen LogP contribution in [0.4, 0.5) is 10.1 Å². The molecule has 0 fully saturated rings. The quantitative estimate of drug-likeness (QED) is 0.566. The number of hydrogen-bond donors (Lipinski definition) is 3. The van der Waals surface area contributed by atoms with Crippen LogP contribution in [-0.2, 0) is 6.54 Å². The molecule has 1 heterocycles. The molecule has 0 atom stereocenters. The second-order valence-electron chi connectivity index (χ2n) is 5.34.